The highest BCUT2D eigenvalue weighted by molar-refractivity contribution is 5.77. The van der Waals surface area contributed by atoms with Gasteiger partial charge in [-0.2, -0.15) is 5.26 Å². The summed E-state index contributed by atoms with van der Waals surface area (Å²) >= 11 is 0. The van der Waals surface area contributed by atoms with Gasteiger partial charge in [0, 0.05) is 19.1 Å². The second-order valence-corrected chi connectivity index (χ2v) is 4.93. The largest absolute Gasteiger partial charge is 0.465 e. The molecule has 21 heavy (non-hydrogen) atoms. The molecule has 7 nitrogen and oxygen atoms in total. The summed E-state index contributed by atoms with van der Waals surface area (Å²) in [6, 6.07) is 7.25. The summed E-state index contributed by atoms with van der Waals surface area (Å²) in [5, 5.41) is 21.0. The van der Waals surface area contributed by atoms with Gasteiger partial charge in [0.15, 0.2) is 0 Å². The molecule has 1 aliphatic rings. The molecule has 3 rings (SSSR count). The number of aromatic nitrogens is 2. The SMILES string of the molecule is N#Cc1ccc2nc(NC3CCN(C(=O)O)C3)cnc2c1. The predicted octanol–water partition coefficient (Wildman–Crippen LogP) is 1.67. The molecule has 1 amide bonds. The number of amides is 1. The molecule has 2 aromatic rings. The minimum absolute atomic E-state index is 0.0474. The quantitative estimate of drug-likeness (QED) is 0.869. The summed E-state index contributed by atoms with van der Waals surface area (Å²) in [7, 11) is 0. The summed E-state index contributed by atoms with van der Waals surface area (Å²) in [5.74, 6) is 0.615. The van der Waals surface area contributed by atoms with Crippen molar-refractivity contribution in [1.29, 1.82) is 5.26 Å². The van der Waals surface area contributed by atoms with Crippen molar-refractivity contribution >= 4 is 22.9 Å². The van der Waals surface area contributed by atoms with Crippen molar-refractivity contribution in [3.05, 3.63) is 30.0 Å². The molecular weight excluding hydrogens is 270 g/mol. The zero-order chi connectivity index (χ0) is 14.8. The highest BCUT2D eigenvalue weighted by atomic mass is 16.4. The summed E-state index contributed by atoms with van der Waals surface area (Å²) in [6.07, 6.45) is 1.46. The van der Waals surface area contributed by atoms with E-state index in [1.54, 1.807) is 24.4 Å². The number of nitriles is 1. The van der Waals surface area contributed by atoms with Crippen molar-refractivity contribution in [2.75, 3.05) is 18.4 Å². The first kappa shape index (κ1) is 13.1. The van der Waals surface area contributed by atoms with Crippen LogP contribution < -0.4 is 5.32 Å². The van der Waals surface area contributed by atoms with Crippen LogP contribution in [0.1, 0.15) is 12.0 Å². The van der Waals surface area contributed by atoms with E-state index in [0.29, 0.717) is 35.5 Å². The van der Waals surface area contributed by atoms with Crippen molar-refractivity contribution in [3.63, 3.8) is 0 Å². The lowest BCUT2D eigenvalue weighted by molar-refractivity contribution is 0.155. The number of hydrogen-bond acceptors (Lipinski definition) is 5. The predicted molar refractivity (Wildman–Crippen MR) is 75.9 cm³/mol. The summed E-state index contributed by atoms with van der Waals surface area (Å²) in [5.41, 5.74) is 1.91. The van der Waals surface area contributed by atoms with Crippen LogP contribution in [0.2, 0.25) is 0 Å². The van der Waals surface area contributed by atoms with Gasteiger partial charge in [-0.3, -0.25) is 4.98 Å². The molecule has 0 aliphatic carbocycles. The Balaban J connectivity index is 1.76. The molecule has 0 saturated carbocycles. The molecule has 2 heterocycles. The number of nitrogens with zero attached hydrogens (tertiary/aromatic N) is 4. The molecule has 2 N–H and O–H groups in total. The molecule has 1 saturated heterocycles. The van der Waals surface area contributed by atoms with Crippen molar-refractivity contribution in [3.8, 4) is 6.07 Å². The Morgan fingerprint density at radius 2 is 2.33 bits per heavy atom. The Morgan fingerprint density at radius 1 is 1.48 bits per heavy atom. The molecule has 0 spiro atoms. The third-order valence-corrected chi connectivity index (χ3v) is 3.48. The Morgan fingerprint density at radius 3 is 3.05 bits per heavy atom. The van der Waals surface area contributed by atoms with E-state index >= 15 is 0 Å². The minimum Gasteiger partial charge on any atom is -0.465 e. The first-order valence-electron chi connectivity index (χ1n) is 6.57. The number of anilines is 1. The van der Waals surface area contributed by atoms with E-state index < -0.39 is 6.09 Å². The van der Waals surface area contributed by atoms with E-state index in [0.717, 1.165) is 6.42 Å². The van der Waals surface area contributed by atoms with Crippen molar-refractivity contribution in [2.24, 2.45) is 0 Å². The van der Waals surface area contributed by atoms with Crippen LogP contribution in [0.3, 0.4) is 0 Å². The normalized spacial score (nSPS) is 17.7. The molecular formula is C14H13N5O2. The average Bonchev–Trinajstić information content (AvgIpc) is 2.95. The summed E-state index contributed by atoms with van der Waals surface area (Å²) in [6.45, 7) is 0.974. The Hall–Kier alpha value is -2.88. The van der Waals surface area contributed by atoms with Gasteiger partial charge in [0.1, 0.15) is 5.82 Å². The van der Waals surface area contributed by atoms with Crippen LogP contribution in [0, 0.1) is 11.3 Å². The molecule has 1 aromatic heterocycles. The third kappa shape index (κ3) is 2.69. The molecule has 1 unspecified atom stereocenters. The second-order valence-electron chi connectivity index (χ2n) is 4.93. The smallest absolute Gasteiger partial charge is 0.407 e. The van der Waals surface area contributed by atoms with Crippen LogP contribution in [0.15, 0.2) is 24.4 Å². The summed E-state index contributed by atoms with van der Waals surface area (Å²) < 4.78 is 0. The number of carboxylic acid groups (broad SMARTS) is 1. The first-order chi connectivity index (χ1) is 10.2. The maximum atomic E-state index is 10.9. The maximum Gasteiger partial charge on any atom is 0.407 e. The van der Waals surface area contributed by atoms with Gasteiger partial charge >= 0.3 is 6.09 Å². The van der Waals surface area contributed by atoms with Crippen LogP contribution in [-0.2, 0) is 0 Å². The van der Waals surface area contributed by atoms with E-state index in [4.69, 9.17) is 10.4 Å². The molecule has 1 aromatic carbocycles. The van der Waals surface area contributed by atoms with Gasteiger partial charge in [0.2, 0.25) is 0 Å². The lowest BCUT2D eigenvalue weighted by Gasteiger charge is -2.14. The number of fused-ring (bicyclic) bond motifs is 1. The fourth-order valence-electron chi connectivity index (χ4n) is 2.41. The second kappa shape index (κ2) is 5.25. The molecule has 7 heteroatoms. The molecule has 1 fully saturated rings. The molecule has 1 atom stereocenters. The van der Waals surface area contributed by atoms with Gasteiger partial charge in [-0.15, -0.1) is 0 Å². The monoisotopic (exact) mass is 283 g/mol. The number of rotatable bonds is 2. The average molecular weight is 283 g/mol. The van der Waals surface area contributed by atoms with Gasteiger partial charge in [-0.1, -0.05) is 0 Å². The van der Waals surface area contributed by atoms with Crippen LogP contribution in [0.25, 0.3) is 11.0 Å². The number of carbonyl (C=O) groups is 1. The summed E-state index contributed by atoms with van der Waals surface area (Å²) in [4.78, 5) is 21.0. The zero-order valence-corrected chi connectivity index (χ0v) is 11.2. The standard InChI is InChI=1S/C14H13N5O2/c15-6-9-1-2-11-12(5-9)16-7-13(18-11)17-10-3-4-19(8-10)14(20)21/h1-2,5,7,10H,3-4,8H2,(H,17,18)(H,20,21). The van der Waals surface area contributed by atoms with Gasteiger partial charge in [-0.05, 0) is 24.6 Å². The van der Waals surface area contributed by atoms with E-state index in [1.807, 2.05) is 0 Å². The van der Waals surface area contributed by atoms with Gasteiger partial charge in [0.05, 0.1) is 28.9 Å². The third-order valence-electron chi connectivity index (χ3n) is 3.48. The molecule has 0 bridgehead atoms. The first-order valence-corrected chi connectivity index (χ1v) is 6.57. The van der Waals surface area contributed by atoms with E-state index in [9.17, 15) is 4.79 Å². The van der Waals surface area contributed by atoms with Gasteiger partial charge in [0.25, 0.3) is 0 Å². The molecule has 106 valence electrons. The Bertz CT molecular complexity index is 740. The van der Waals surface area contributed by atoms with Crippen LogP contribution >= 0.6 is 0 Å². The Labute approximate surface area is 120 Å². The van der Waals surface area contributed by atoms with E-state index in [-0.39, 0.29) is 6.04 Å². The van der Waals surface area contributed by atoms with Crippen molar-refractivity contribution in [2.45, 2.75) is 12.5 Å². The number of likely N-dealkylation sites (tertiary alicyclic amines) is 1. The van der Waals surface area contributed by atoms with Crippen LogP contribution in [-0.4, -0.2) is 45.2 Å². The van der Waals surface area contributed by atoms with Gasteiger partial charge in [-0.25, -0.2) is 9.78 Å². The van der Waals surface area contributed by atoms with E-state index in [1.165, 1.54) is 4.90 Å². The number of nitrogens with one attached hydrogen (secondary N) is 1. The Kier molecular flexibility index (Phi) is 3.28. The lowest BCUT2D eigenvalue weighted by atomic mass is 10.2. The fraction of sp³-hybridized carbons (Fsp3) is 0.286. The zero-order valence-electron chi connectivity index (χ0n) is 11.2. The van der Waals surface area contributed by atoms with Crippen LogP contribution in [0.4, 0.5) is 10.6 Å². The minimum atomic E-state index is -0.895. The molecule has 1 aliphatic heterocycles. The maximum absolute atomic E-state index is 10.9. The highest BCUT2D eigenvalue weighted by Gasteiger charge is 2.25. The van der Waals surface area contributed by atoms with Gasteiger partial charge < -0.3 is 15.3 Å². The van der Waals surface area contributed by atoms with E-state index in [2.05, 4.69) is 21.4 Å². The molecule has 0 radical (unpaired) electrons. The lowest BCUT2D eigenvalue weighted by Crippen LogP contribution is -2.30. The van der Waals surface area contributed by atoms with Crippen molar-refractivity contribution in [1.82, 2.24) is 14.9 Å². The number of benzene rings is 1. The fourth-order valence-corrected chi connectivity index (χ4v) is 2.41. The topological polar surface area (TPSA) is 102 Å². The van der Waals surface area contributed by atoms with Crippen molar-refractivity contribution < 1.29 is 9.90 Å². The number of hydrogen-bond donors (Lipinski definition) is 2. The highest BCUT2D eigenvalue weighted by Crippen LogP contribution is 2.17. The van der Waals surface area contributed by atoms with Crippen LogP contribution in [0.5, 0.6) is 0 Å².